The van der Waals surface area contributed by atoms with E-state index in [4.69, 9.17) is 14.2 Å². The Morgan fingerprint density at radius 1 is 1.12 bits per heavy atom. The molecular formula is C26H33NO6S. The minimum Gasteiger partial charge on any atom is -0.496 e. The summed E-state index contributed by atoms with van der Waals surface area (Å²) in [6.45, 7) is 8.44. The quantitative estimate of drug-likeness (QED) is 0.384. The van der Waals surface area contributed by atoms with Crippen LogP contribution in [0, 0.1) is 12.8 Å². The number of carboxylic acids is 1. The molecule has 3 aromatic rings. The largest absolute Gasteiger partial charge is 0.496 e. The van der Waals surface area contributed by atoms with Crippen molar-refractivity contribution in [2.45, 2.75) is 52.7 Å². The Hall–Kier alpha value is -2.68. The number of thiazole rings is 1. The fraction of sp³-hybridized carbons (Fsp3) is 0.462. The van der Waals surface area contributed by atoms with Gasteiger partial charge in [0.15, 0.2) is 0 Å². The Balaban J connectivity index is 1.99. The summed E-state index contributed by atoms with van der Waals surface area (Å²) in [6.07, 6.45) is -0.468. The maximum atomic E-state index is 11.8. The molecule has 0 fully saturated rings. The number of aromatic nitrogens is 1. The van der Waals surface area contributed by atoms with Crippen LogP contribution in [0.2, 0.25) is 0 Å². The molecule has 0 aliphatic heterocycles. The second kappa shape index (κ2) is 11.2. The summed E-state index contributed by atoms with van der Waals surface area (Å²) in [5.74, 6) is 0.518. The zero-order valence-electron chi connectivity index (χ0n) is 20.5. The SMILES string of the molecule is CCc1cc(C(=O)O)c2nc(C[C@H](OCC(C)C)[C@H](O)c3cc(OC)c(C)c(OC)c3)sc2c1. The van der Waals surface area contributed by atoms with Gasteiger partial charge in [-0.3, -0.25) is 0 Å². The zero-order valence-corrected chi connectivity index (χ0v) is 21.4. The third kappa shape index (κ3) is 5.68. The van der Waals surface area contributed by atoms with Crippen molar-refractivity contribution in [1.82, 2.24) is 4.98 Å². The standard InChI is InChI=1S/C26H33NO6S/c1-7-16-8-18(26(29)30)24-22(9-16)34-23(27-24)12-21(33-13-14(2)3)25(28)17-10-19(31-5)15(4)20(11-17)32-6/h8-11,14,21,25,28H,7,12-13H2,1-6H3,(H,29,30)/t21-,25+/m0/s1. The van der Waals surface area contributed by atoms with Gasteiger partial charge in [-0.05, 0) is 54.7 Å². The Labute approximate surface area is 204 Å². The lowest BCUT2D eigenvalue weighted by molar-refractivity contribution is -0.0472. The van der Waals surface area contributed by atoms with Gasteiger partial charge in [-0.15, -0.1) is 11.3 Å². The van der Waals surface area contributed by atoms with Crippen LogP contribution in [-0.4, -0.2) is 48.1 Å². The maximum absolute atomic E-state index is 11.8. The molecule has 1 heterocycles. The van der Waals surface area contributed by atoms with E-state index < -0.39 is 18.2 Å². The Morgan fingerprint density at radius 3 is 2.29 bits per heavy atom. The number of aliphatic hydroxyl groups is 1. The monoisotopic (exact) mass is 487 g/mol. The topological polar surface area (TPSA) is 98.1 Å². The summed E-state index contributed by atoms with van der Waals surface area (Å²) in [5.41, 5.74) is 3.09. The number of aromatic carboxylic acids is 1. The van der Waals surface area contributed by atoms with Crippen LogP contribution in [-0.2, 0) is 17.6 Å². The fourth-order valence-corrected chi connectivity index (χ4v) is 4.93. The summed E-state index contributed by atoms with van der Waals surface area (Å²) in [4.78, 5) is 16.4. The molecule has 0 aliphatic carbocycles. The number of hydrogen-bond acceptors (Lipinski definition) is 7. The normalized spacial score (nSPS) is 13.3. The van der Waals surface area contributed by atoms with Gasteiger partial charge >= 0.3 is 5.97 Å². The predicted octanol–water partition coefficient (Wildman–Crippen LogP) is 5.20. The number of aryl methyl sites for hydroxylation is 1. The molecule has 0 aliphatic rings. The van der Waals surface area contributed by atoms with Crippen LogP contribution in [0.15, 0.2) is 24.3 Å². The van der Waals surface area contributed by atoms with Crippen LogP contribution in [0.4, 0.5) is 0 Å². The highest BCUT2D eigenvalue weighted by Crippen LogP contribution is 2.35. The van der Waals surface area contributed by atoms with Crippen molar-refractivity contribution >= 4 is 27.5 Å². The summed E-state index contributed by atoms with van der Waals surface area (Å²) in [5, 5.41) is 21.7. The molecule has 0 spiro atoms. The van der Waals surface area contributed by atoms with Gasteiger partial charge in [-0.1, -0.05) is 20.8 Å². The molecule has 3 rings (SSSR count). The predicted molar refractivity (Wildman–Crippen MR) is 133 cm³/mol. The fourth-order valence-electron chi connectivity index (χ4n) is 3.83. The van der Waals surface area contributed by atoms with Crippen LogP contribution in [0.25, 0.3) is 10.2 Å². The number of carbonyl (C=O) groups is 1. The van der Waals surface area contributed by atoms with Crippen molar-refractivity contribution in [3.8, 4) is 11.5 Å². The summed E-state index contributed by atoms with van der Waals surface area (Å²) in [7, 11) is 3.16. The first-order valence-electron chi connectivity index (χ1n) is 11.4. The molecule has 2 aromatic carbocycles. The molecule has 0 saturated carbocycles. The maximum Gasteiger partial charge on any atom is 0.337 e. The molecule has 184 valence electrons. The minimum atomic E-state index is -0.997. The van der Waals surface area contributed by atoms with Gasteiger partial charge in [0, 0.05) is 18.6 Å². The number of aliphatic hydroxyl groups excluding tert-OH is 1. The molecule has 34 heavy (non-hydrogen) atoms. The number of carboxylic acid groups (broad SMARTS) is 1. The van der Waals surface area contributed by atoms with Crippen molar-refractivity contribution in [2.24, 2.45) is 5.92 Å². The molecule has 0 bridgehead atoms. The Kier molecular flexibility index (Phi) is 8.52. The van der Waals surface area contributed by atoms with E-state index in [1.807, 2.05) is 33.8 Å². The highest BCUT2D eigenvalue weighted by atomic mass is 32.1. The van der Waals surface area contributed by atoms with Crippen molar-refractivity contribution in [3.63, 3.8) is 0 Å². The van der Waals surface area contributed by atoms with Crippen LogP contribution in [0.1, 0.15) is 58.9 Å². The first kappa shape index (κ1) is 25.9. The van der Waals surface area contributed by atoms with Crippen LogP contribution >= 0.6 is 11.3 Å². The van der Waals surface area contributed by atoms with Gasteiger partial charge < -0.3 is 24.4 Å². The average Bonchev–Trinajstić information content (AvgIpc) is 3.22. The molecule has 0 amide bonds. The van der Waals surface area contributed by atoms with E-state index in [9.17, 15) is 15.0 Å². The molecule has 8 heteroatoms. The number of nitrogens with zero attached hydrogens (tertiary/aromatic N) is 1. The number of fused-ring (bicyclic) bond motifs is 1. The first-order valence-corrected chi connectivity index (χ1v) is 12.2. The average molecular weight is 488 g/mol. The molecule has 2 atom stereocenters. The lowest BCUT2D eigenvalue weighted by Crippen LogP contribution is -2.26. The van der Waals surface area contributed by atoms with E-state index in [1.54, 1.807) is 32.4 Å². The third-order valence-corrected chi connectivity index (χ3v) is 6.75. The summed E-state index contributed by atoms with van der Waals surface area (Å²) >= 11 is 1.44. The zero-order chi connectivity index (χ0) is 25.0. The van der Waals surface area contributed by atoms with Crippen LogP contribution in [0.5, 0.6) is 11.5 Å². The third-order valence-electron chi connectivity index (χ3n) is 5.73. The van der Waals surface area contributed by atoms with E-state index in [0.717, 1.165) is 22.2 Å². The van der Waals surface area contributed by atoms with Crippen molar-refractivity contribution in [1.29, 1.82) is 0 Å². The van der Waals surface area contributed by atoms with Gasteiger partial charge in [0.2, 0.25) is 0 Å². The molecule has 1 aromatic heterocycles. The molecular weight excluding hydrogens is 454 g/mol. The molecule has 0 radical (unpaired) electrons. The number of methoxy groups -OCH3 is 2. The number of ether oxygens (including phenoxy) is 3. The summed E-state index contributed by atoms with van der Waals surface area (Å²) in [6, 6.07) is 7.25. The smallest absolute Gasteiger partial charge is 0.337 e. The highest BCUT2D eigenvalue weighted by Gasteiger charge is 2.27. The van der Waals surface area contributed by atoms with Crippen molar-refractivity contribution in [2.75, 3.05) is 20.8 Å². The number of benzene rings is 2. The van der Waals surface area contributed by atoms with E-state index in [2.05, 4.69) is 4.98 Å². The lowest BCUT2D eigenvalue weighted by Gasteiger charge is -2.25. The Bertz CT molecular complexity index is 1130. The van der Waals surface area contributed by atoms with E-state index >= 15 is 0 Å². The highest BCUT2D eigenvalue weighted by molar-refractivity contribution is 7.18. The van der Waals surface area contributed by atoms with E-state index in [-0.39, 0.29) is 11.5 Å². The van der Waals surface area contributed by atoms with Crippen LogP contribution < -0.4 is 9.47 Å². The van der Waals surface area contributed by atoms with E-state index in [0.29, 0.717) is 40.6 Å². The number of rotatable bonds is 11. The van der Waals surface area contributed by atoms with Gasteiger partial charge in [0.1, 0.15) is 17.6 Å². The minimum absolute atomic E-state index is 0.199. The molecule has 2 N–H and O–H groups in total. The second-order valence-corrected chi connectivity index (χ2v) is 9.84. The first-order chi connectivity index (χ1) is 16.2. The summed E-state index contributed by atoms with van der Waals surface area (Å²) < 4.78 is 17.9. The second-order valence-electron chi connectivity index (χ2n) is 8.72. The lowest BCUT2D eigenvalue weighted by atomic mass is 9.99. The van der Waals surface area contributed by atoms with Crippen LogP contribution in [0.3, 0.4) is 0 Å². The van der Waals surface area contributed by atoms with Crippen molar-refractivity contribution < 1.29 is 29.2 Å². The molecule has 0 unspecified atom stereocenters. The molecule has 7 nitrogen and oxygen atoms in total. The van der Waals surface area contributed by atoms with Gasteiger partial charge in [0.25, 0.3) is 0 Å². The van der Waals surface area contributed by atoms with Gasteiger partial charge in [0.05, 0.1) is 41.1 Å². The van der Waals surface area contributed by atoms with Crippen molar-refractivity contribution in [3.05, 3.63) is 51.5 Å². The molecule has 0 saturated heterocycles. The van der Waals surface area contributed by atoms with E-state index in [1.165, 1.54) is 11.3 Å². The Morgan fingerprint density at radius 2 is 1.76 bits per heavy atom. The number of hydrogen-bond donors (Lipinski definition) is 2. The van der Waals surface area contributed by atoms with Gasteiger partial charge in [-0.2, -0.15) is 0 Å². The van der Waals surface area contributed by atoms with Gasteiger partial charge in [-0.25, -0.2) is 9.78 Å².